The first-order valence-electron chi connectivity index (χ1n) is 6.90. The molecular formula is C13H21N2O2PS2. The second kappa shape index (κ2) is 7.14. The van der Waals surface area contributed by atoms with Gasteiger partial charge in [0, 0.05) is 15.3 Å². The van der Waals surface area contributed by atoms with Crippen molar-refractivity contribution in [1.29, 1.82) is 0 Å². The molecule has 0 radical (unpaired) electrons. The van der Waals surface area contributed by atoms with Crippen molar-refractivity contribution in [3.05, 3.63) is 21.4 Å². The third kappa shape index (κ3) is 3.89. The first kappa shape index (κ1) is 16.1. The number of hydrogen-bond donors (Lipinski definition) is 1. The van der Waals surface area contributed by atoms with Gasteiger partial charge >= 0.3 is 6.64 Å². The van der Waals surface area contributed by atoms with Crippen LogP contribution in [-0.2, 0) is 27.3 Å². The molecule has 1 aliphatic carbocycles. The molecule has 2 rings (SSSR count). The number of hydrogen-bond acceptors (Lipinski definition) is 5. The van der Waals surface area contributed by atoms with Crippen LogP contribution in [0.25, 0.3) is 0 Å². The summed E-state index contributed by atoms with van der Waals surface area (Å²) in [4.78, 5) is 2.76. The molecular weight excluding hydrogens is 311 g/mol. The molecule has 1 heterocycles. The van der Waals surface area contributed by atoms with Crippen molar-refractivity contribution >= 4 is 35.5 Å². The summed E-state index contributed by atoms with van der Waals surface area (Å²) in [5.74, 6) is 0. The fraction of sp³-hybridized carbons (Fsp3) is 0.615. The molecule has 112 valence electrons. The molecule has 0 amide bonds. The highest BCUT2D eigenvalue weighted by atomic mass is 32.5. The monoisotopic (exact) mass is 332 g/mol. The maximum Gasteiger partial charge on any atom is 0.303 e. The lowest BCUT2D eigenvalue weighted by Crippen LogP contribution is -2.16. The molecule has 0 unspecified atom stereocenters. The Kier molecular flexibility index (Phi) is 5.75. The van der Waals surface area contributed by atoms with E-state index in [1.807, 2.05) is 25.2 Å². The van der Waals surface area contributed by atoms with Crippen molar-refractivity contribution in [3.8, 4) is 0 Å². The predicted molar refractivity (Wildman–Crippen MR) is 89.2 cm³/mol. The zero-order valence-corrected chi connectivity index (χ0v) is 14.7. The minimum Gasteiger partial charge on any atom is -0.313 e. The van der Waals surface area contributed by atoms with Gasteiger partial charge in [0.05, 0.1) is 18.9 Å². The minimum atomic E-state index is -2.49. The highest BCUT2D eigenvalue weighted by Gasteiger charge is 2.21. The van der Waals surface area contributed by atoms with Crippen molar-refractivity contribution in [2.24, 2.45) is 5.10 Å². The van der Waals surface area contributed by atoms with Crippen molar-refractivity contribution in [2.45, 2.75) is 40.0 Å². The Morgan fingerprint density at radius 1 is 1.35 bits per heavy atom. The zero-order chi connectivity index (χ0) is 14.6. The fourth-order valence-electron chi connectivity index (χ4n) is 2.22. The highest BCUT2D eigenvalue weighted by Crippen LogP contribution is 2.44. The van der Waals surface area contributed by atoms with Crippen LogP contribution in [0, 0.1) is 6.92 Å². The fourth-order valence-corrected chi connectivity index (χ4v) is 5.18. The summed E-state index contributed by atoms with van der Waals surface area (Å²) in [6.45, 7) is 4.52. The first-order chi connectivity index (χ1) is 9.58. The number of nitrogens with one attached hydrogen (secondary N) is 1. The van der Waals surface area contributed by atoms with E-state index in [0.29, 0.717) is 13.2 Å². The zero-order valence-electron chi connectivity index (χ0n) is 12.1. The van der Waals surface area contributed by atoms with Gasteiger partial charge in [-0.1, -0.05) is 0 Å². The third-order valence-electron chi connectivity index (χ3n) is 2.97. The SMILES string of the molecule is CCOP(=S)(NN=C1CCCc2sc(C)cc21)OCC. The first-order valence-corrected chi connectivity index (χ1v) is 10.4. The van der Waals surface area contributed by atoms with Gasteiger partial charge in [0.2, 0.25) is 0 Å². The summed E-state index contributed by atoms with van der Waals surface area (Å²) < 4.78 is 11.1. The molecule has 1 aromatic heterocycles. The molecule has 4 nitrogen and oxygen atoms in total. The Balaban J connectivity index is 2.17. The van der Waals surface area contributed by atoms with E-state index in [0.717, 1.165) is 25.0 Å². The summed E-state index contributed by atoms with van der Waals surface area (Å²) in [6, 6.07) is 2.21. The van der Waals surface area contributed by atoms with E-state index in [2.05, 4.69) is 23.3 Å². The number of thiophene rings is 1. The number of aryl methyl sites for hydroxylation is 2. The van der Waals surface area contributed by atoms with Gasteiger partial charge in [-0.3, -0.25) is 0 Å². The lowest BCUT2D eigenvalue weighted by atomic mass is 9.97. The third-order valence-corrected chi connectivity index (χ3v) is 6.49. The number of rotatable bonds is 6. The van der Waals surface area contributed by atoms with Gasteiger partial charge in [-0.15, -0.1) is 11.3 Å². The molecule has 0 aromatic carbocycles. The molecule has 20 heavy (non-hydrogen) atoms. The van der Waals surface area contributed by atoms with E-state index in [1.165, 1.54) is 15.3 Å². The van der Waals surface area contributed by atoms with Gasteiger partial charge in [-0.2, -0.15) is 5.10 Å². The van der Waals surface area contributed by atoms with Crippen molar-refractivity contribution in [2.75, 3.05) is 13.2 Å². The summed E-state index contributed by atoms with van der Waals surface area (Å²) in [5.41, 5.74) is 2.34. The van der Waals surface area contributed by atoms with Gasteiger partial charge in [-0.05, 0) is 57.9 Å². The van der Waals surface area contributed by atoms with Gasteiger partial charge in [0.15, 0.2) is 0 Å². The van der Waals surface area contributed by atoms with Crippen LogP contribution in [0.3, 0.4) is 0 Å². The Labute approximate surface area is 129 Å². The molecule has 0 aliphatic heterocycles. The number of fused-ring (bicyclic) bond motifs is 1. The molecule has 1 N–H and O–H groups in total. The second-order valence-electron chi connectivity index (χ2n) is 4.54. The van der Waals surface area contributed by atoms with Gasteiger partial charge in [-0.25, -0.2) is 5.20 Å². The van der Waals surface area contributed by atoms with Crippen molar-refractivity contribution < 1.29 is 9.05 Å². The summed E-state index contributed by atoms with van der Waals surface area (Å²) in [7, 11) is 0. The van der Waals surface area contributed by atoms with Gasteiger partial charge < -0.3 is 9.05 Å². The van der Waals surface area contributed by atoms with Crippen molar-refractivity contribution in [3.63, 3.8) is 0 Å². The Hall–Kier alpha value is -0.260. The van der Waals surface area contributed by atoms with Gasteiger partial charge in [0.25, 0.3) is 0 Å². The lowest BCUT2D eigenvalue weighted by Gasteiger charge is -2.21. The molecule has 1 aromatic rings. The normalized spacial score (nSPS) is 17.2. The lowest BCUT2D eigenvalue weighted by molar-refractivity contribution is 0.259. The molecule has 0 fully saturated rings. The molecule has 0 spiro atoms. The Bertz CT molecular complexity index is 532. The van der Waals surface area contributed by atoms with E-state index in [-0.39, 0.29) is 0 Å². The molecule has 7 heteroatoms. The number of hydrazone groups is 1. The molecule has 0 saturated heterocycles. The quantitative estimate of drug-likeness (QED) is 0.632. The van der Waals surface area contributed by atoms with Crippen LogP contribution < -0.4 is 5.20 Å². The van der Waals surface area contributed by atoms with Crippen LogP contribution in [0.4, 0.5) is 0 Å². The number of nitrogens with zero attached hydrogens (tertiary/aromatic N) is 1. The van der Waals surface area contributed by atoms with Gasteiger partial charge in [0.1, 0.15) is 0 Å². The largest absolute Gasteiger partial charge is 0.313 e. The van der Waals surface area contributed by atoms with E-state index in [1.54, 1.807) is 0 Å². The van der Waals surface area contributed by atoms with Crippen LogP contribution in [0.5, 0.6) is 0 Å². The summed E-state index contributed by atoms with van der Waals surface area (Å²) in [5, 5.41) is 7.51. The van der Waals surface area contributed by atoms with E-state index in [9.17, 15) is 0 Å². The molecule has 0 atom stereocenters. The van der Waals surface area contributed by atoms with Crippen LogP contribution in [0.1, 0.15) is 42.0 Å². The Morgan fingerprint density at radius 2 is 2.05 bits per heavy atom. The maximum atomic E-state index is 5.54. The molecule has 0 saturated carbocycles. The summed E-state index contributed by atoms with van der Waals surface area (Å²) >= 11 is 7.28. The average molecular weight is 332 g/mol. The average Bonchev–Trinajstić information content (AvgIpc) is 2.77. The van der Waals surface area contributed by atoms with Crippen LogP contribution in [0.15, 0.2) is 11.2 Å². The van der Waals surface area contributed by atoms with E-state index in [4.69, 9.17) is 20.9 Å². The topological polar surface area (TPSA) is 42.8 Å². The van der Waals surface area contributed by atoms with E-state index < -0.39 is 6.64 Å². The van der Waals surface area contributed by atoms with Crippen LogP contribution in [-0.4, -0.2) is 18.9 Å². The molecule has 1 aliphatic rings. The molecule has 0 bridgehead atoms. The van der Waals surface area contributed by atoms with Crippen LogP contribution in [0.2, 0.25) is 0 Å². The minimum absolute atomic E-state index is 0.526. The van der Waals surface area contributed by atoms with E-state index >= 15 is 0 Å². The van der Waals surface area contributed by atoms with Crippen molar-refractivity contribution in [1.82, 2.24) is 5.20 Å². The smallest absolute Gasteiger partial charge is 0.303 e. The second-order valence-corrected chi connectivity index (χ2v) is 9.03. The highest BCUT2D eigenvalue weighted by molar-refractivity contribution is 8.08. The van der Waals surface area contributed by atoms with Crippen LogP contribution >= 0.6 is 18.0 Å². The summed E-state index contributed by atoms with van der Waals surface area (Å²) in [6.07, 6.45) is 3.27. The Morgan fingerprint density at radius 3 is 2.70 bits per heavy atom. The standard InChI is InChI=1S/C13H21N2O2PS2/c1-4-16-18(19,17-5-2)15-14-12-7-6-8-13-11(12)9-10(3)20-13/h9H,4-8H2,1-3H3,(H,15,19). The predicted octanol–water partition coefficient (Wildman–Crippen LogP) is 3.98. The maximum absolute atomic E-state index is 5.54.